The number of carbonyl (C=O) groups excluding carboxylic acids is 1. The monoisotopic (exact) mass is 281 g/mol. The van der Waals surface area contributed by atoms with Crippen LogP contribution in [0.5, 0.6) is 0 Å². The van der Waals surface area contributed by atoms with Crippen molar-refractivity contribution < 1.29 is 4.79 Å². The fourth-order valence-corrected chi connectivity index (χ4v) is 3.19. The summed E-state index contributed by atoms with van der Waals surface area (Å²) in [6, 6.07) is 0.790. The van der Waals surface area contributed by atoms with Crippen molar-refractivity contribution in [1.29, 1.82) is 0 Å². The SMILES string of the molecule is CCCCN(CC1CCCN1)C(=O)N1CCC(C)CC1. The van der Waals surface area contributed by atoms with Gasteiger partial charge in [-0.1, -0.05) is 20.3 Å². The van der Waals surface area contributed by atoms with Gasteiger partial charge in [-0.25, -0.2) is 4.79 Å². The van der Waals surface area contributed by atoms with E-state index in [9.17, 15) is 4.79 Å². The molecular weight excluding hydrogens is 250 g/mol. The topological polar surface area (TPSA) is 35.6 Å². The van der Waals surface area contributed by atoms with Crippen molar-refractivity contribution in [2.45, 2.75) is 58.4 Å². The fourth-order valence-electron chi connectivity index (χ4n) is 3.19. The second kappa shape index (κ2) is 7.87. The highest BCUT2D eigenvalue weighted by Gasteiger charge is 2.27. The largest absolute Gasteiger partial charge is 0.325 e. The Bertz CT molecular complexity index is 294. The first kappa shape index (κ1) is 15.6. The Morgan fingerprint density at radius 3 is 2.65 bits per heavy atom. The second-order valence-electron chi connectivity index (χ2n) is 6.54. The van der Waals surface area contributed by atoms with Crippen LogP contribution >= 0.6 is 0 Å². The van der Waals surface area contributed by atoms with Gasteiger partial charge in [-0.05, 0) is 44.6 Å². The molecule has 2 aliphatic heterocycles. The third kappa shape index (κ3) is 4.37. The Kier molecular flexibility index (Phi) is 6.14. The summed E-state index contributed by atoms with van der Waals surface area (Å²) in [6.45, 7) is 9.30. The van der Waals surface area contributed by atoms with Crippen molar-refractivity contribution in [3.63, 3.8) is 0 Å². The smallest absolute Gasteiger partial charge is 0.320 e. The highest BCUT2D eigenvalue weighted by Crippen LogP contribution is 2.18. The summed E-state index contributed by atoms with van der Waals surface area (Å²) in [4.78, 5) is 16.9. The minimum atomic E-state index is 0.277. The molecule has 2 fully saturated rings. The van der Waals surface area contributed by atoms with Gasteiger partial charge in [0.25, 0.3) is 0 Å². The van der Waals surface area contributed by atoms with E-state index in [0.29, 0.717) is 6.04 Å². The summed E-state index contributed by atoms with van der Waals surface area (Å²) < 4.78 is 0. The van der Waals surface area contributed by atoms with Gasteiger partial charge in [0.2, 0.25) is 0 Å². The summed E-state index contributed by atoms with van der Waals surface area (Å²) >= 11 is 0. The molecule has 116 valence electrons. The predicted molar refractivity (Wildman–Crippen MR) is 82.9 cm³/mol. The van der Waals surface area contributed by atoms with E-state index in [4.69, 9.17) is 0 Å². The maximum absolute atomic E-state index is 12.7. The zero-order valence-electron chi connectivity index (χ0n) is 13.2. The molecule has 0 radical (unpaired) electrons. The van der Waals surface area contributed by atoms with Crippen molar-refractivity contribution in [3.05, 3.63) is 0 Å². The van der Waals surface area contributed by atoms with Crippen LogP contribution in [-0.4, -0.2) is 54.6 Å². The van der Waals surface area contributed by atoms with E-state index in [1.54, 1.807) is 0 Å². The van der Waals surface area contributed by atoms with Crippen molar-refractivity contribution >= 4 is 6.03 Å². The van der Waals surface area contributed by atoms with Crippen molar-refractivity contribution in [1.82, 2.24) is 15.1 Å². The summed E-state index contributed by atoms with van der Waals surface area (Å²) in [5.41, 5.74) is 0. The van der Waals surface area contributed by atoms with E-state index < -0.39 is 0 Å². The highest BCUT2D eigenvalue weighted by molar-refractivity contribution is 5.74. The lowest BCUT2D eigenvalue weighted by molar-refractivity contribution is 0.130. The minimum Gasteiger partial charge on any atom is -0.325 e. The molecule has 0 aliphatic carbocycles. The quantitative estimate of drug-likeness (QED) is 0.841. The molecule has 2 saturated heterocycles. The number of amides is 2. The normalized spacial score (nSPS) is 24.1. The molecule has 2 rings (SSSR count). The molecule has 0 bridgehead atoms. The van der Waals surface area contributed by atoms with Crippen molar-refractivity contribution in [3.8, 4) is 0 Å². The maximum Gasteiger partial charge on any atom is 0.320 e. The zero-order chi connectivity index (χ0) is 14.4. The molecule has 2 amide bonds. The van der Waals surface area contributed by atoms with Gasteiger partial charge in [0.15, 0.2) is 0 Å². The van der Waals surface area contributed by atoms with Crippen LogP contribution in [0.4, 0.5) is 4.79 Å². The van der Waals surface area contributed by atoms with Crippen LogP contribution in [0.1, 0.15) is 52.4 Å². The average Bonchev–Trinajstić information content (AvgIpc) is 2.96. The van der Waals surface area contributed by atoms with Gasteiger partial charge in [0, 0.05) is 32.2 Å². The Morgan fingerprint density at radius 1 is 1.30 bits per heavy atom. The molecule has 1 atom stereocenters. The van der Waals surface area contributed by atoms with Gasteiger partial charge in [-0.15, -0.1) is 0 Å². The fraction of sp³-hybridized carbons (Fsp3) is 0.938. The highest BCUT2D eigenvalue weighted by atomic mass is 16.2. The molecule has 0 spiro atoms. The molecule has 1 unspecified atom stereocenters. The zero-order valence-corrected chi connectivity index (χ0v) is 13.2. The third-order valence-corrected chi connectivity index (χ3v) is 4.71. The molecule has 2 heterocycles. The maximum atomic E-state index is 12.7. The molecule has 0 aromatic heterocycles. The molecule has 20 heavy (non-hydrogen) atoms. The molecule has 4 heteroatoms. The molecule has 2 aliphatic rings. The first-order valence-corrected chi connectivity index (χ1v) is 8.48. The van der Waals surface area contributed by atoms with Crippen LogP contribution in [0.15, 0.2) is 0 Å². The van der Waals surface area contributed by atoms with Gasteiger partial charge in [0.1, 0.15) is 0 Å². The number of rotatable bonds is 5. The van der Waals surface area contributed by atoms with Gasteiger partial charge in [0.05, 0.1) is 0 Å². The van der Waals surface area contributed by atoms with E-state index in [1.165, 1.54) is 12.8 Å². The predicted octanol–water partition coefficient (Wildman–Crippen LogP) is 2.69. The molecule has 0 aromatic carbocycles. The van der Waals surface area contributed by atoms with Gasteiger partial charge < -0.3 is 15.1 Å². The number of unbranched alkanes of at least 4 members (excludes halogenated alkanes) is 1. The van der Waals surface area contributed by atoms with Crippen LogP contribution in [0, 0.1) is 5.92 Å². The van der Waals surface area contributed by atoms with Crippen LogP contribution < -0.4 is 5.32 Å². The van der Waals surface area contributed by atoms with Crippen LogP contribution in [0.2, 0.25) is 0 Å². The van der Waals surface area contributed by atoms with Gasteiger partial charge >= 0.3 is 6.03 Å². The first-order valence-electron chi connectivity index (χ1n) is 8.48. The van der Waals surface area contributed by atoms with E-state index in [0.717, 1.165) is 64.3 Å². The van der Waals surface area contributed by atoms with Gasteiger partial charge in [-0.3, -0.25) is 0 Å². The Hall–Kier alpha value is -0.770. The van der Waals surface area contributed by atoms with Crippen LogP contribution in [-0.2, 0) is 0 Å². The Balaban J connectivity index is 1.88. The number of likely N-dealkylation sites (tertiary alicyclic amines) is 1. The molecular formula is C16H31N3O. The van der Waals surface area contributed by atoms with E-state index >= 15 is 0 Å². The third-order valence-electron chi connectivity index (χ3n) is 4.71. The van der Waals surface area contributed by atoms with Gasteiger partial charge in [-0.2, -0.15) is 0 Å². The number of nitrogens with zero attached hydrogens (tertiary/aromatic N) is 2. The molecule has 0 saturated carbocycles. The summed E-state index contributed by atoms with van der Waals surface area (Å²) in [6.07, 6.45) is 7.06. The van der Waals surface area contributed by atoms with Crippen molar-refractivity contribution in [2.24, 2.45) is 5.92 Å². The lowest BCUT2D eigenvalue weighted by atomic mass is 9.99. The van der Waals surface area contributed by atoms with E-state index in [2.05, 4.69) is 29.0 Å². The lowest BCUT2D eigenvalue weighted by Crippen LogP contribution is -2.50. The Morgan fingerprint density at radius 2 is 2.05 bits per heavy atom. The number of urea groups is 1. The number of nitrogens with one attached hydrogen (secondary N) is 1. The number of carbonyl (C=O) groups is 1. The first-order chi connectivity index (χ1) is 9.70. The minimum absolute atomic E-state index is 0.277. The Labute approximate surface area is 123 Å². The summed E-state index contributed by atoms with van der Waals surface area (Å²) in [7, 11) is 0. The number of piperidine rings is 1. The summed E-state index contributed by atoms with van der Waals surface area (Å²) in [5, 5.41) is 3.52. The van der Waals surface area contributed by atoms with Crippen LogP contribution in [0.3, 0.4) is 0 Å². The lowest BCUT2D eigenvalue weighted by Gasteiger charge is -2.36. The number of hydrogen-bond acceptors (Lipinski definition) is 2. The standard InChI is InChI=1S/C16H31N3O/c1-3-4-10-19(13-15-6-5-9-17-15)16(20)18-11-7-14(2)8-12-18/h14-15,17H,3-13H2,1-2H3. The molecule has 4 nitrogen and oxygen atoms in total. The van der Waals surface area contributed by atoms with E-state index in [-0.39, 0.29) is 6.03 Å². The average molecular weight is 281 g/mol. The molecule has 0 aromatic rings. The summed E-state index contributed by atoms with van der Waals surface area (Å²) in [5.74, 6) is 0.777. The van der Waals surface area contributed by atoms with E-state index in [1.807, 2.05) is 0 Å². The number of hydrogen-bond donors (Lipinski definition) is 1. The van der Waals surface area contributed by atoms with Crippen LogP contribution in [0.25, 0.3) is 0 Å². The van der Waals surface area contributed by atoms with Crippen molar-refractivity contribution in [2.75, 3.05) is 32.7 Å². The second-order valence-corrected chi connectivity index (χ2v) is 6.54. The molecule has 1 N–H and O–H groups in total.